The van der Waals surface area contributed by atoms with Crippen LogP contribution < -0.4 is 0 Å². The van der Waals surface area contributed by atoms with Crippen LogP contribution >= 0.6 is 0 Å². The Labute approximate surface area is 191 Å². The first-order valence-corrected chi connectivity index (χ1v) is 13.1. The summed E-state index contributed by atoms with van der Waals surface area (Å²) in [5, 5.41) is 0. The lowest BCUT2D eigenvalue weighted by atomic mass is 9.78. The van der Waals surface area contributed by atoms with Crippen LogP contribution in [0.5, 0.6) is 0 Å². The van der Waals surface area contributed by atoms with Crippen molar-refractivity contribution in [3.8, 4) is 11.4 Å². The number of hydrogen-bond donors (Lipinski definition) is 0. The molecule has 2 nitrogen and oxygen atoms in total. The van der Waals surface area contributed by atoms with E-state index in [9.17, 15) is 0 Å². The quantitative estimate of drug-likeness (QED) is 0.322. The molecule has 2 heteroatoms. The Morgan fingerprint density at radius 2 is 1.42 bits per heavy atom. The van der Waals surface area contributed by atoms with Crippen molar-refractivity contribution in [1.82, 2.24) is 9.97 Å². The molecule has 1 fully saturated rings. The molecule has 1 aromatic carbocycles. The third-order valence-corrected chi connectivity index (χ3v) is 7.38. The molecule has 1 aromatic heterocycles. The highest BCUT2D eigenvalue weighted by molar-refractivity contribution is 5.57. The first-order chi connectivity index (χ1) is 15.2. The summed E-state index contributed by atoms with van der Waals surface area (Å²) in [5.41, 5.74) is 5.27. The summed E-state index contributed by atoms with van der Waals surface area (Å²) >= 11 is 0. The van der Waals surface area contributed by atoms with Gasteiger partial charge < -0.3 is 0 Å². The molecule has 0 atom stereocenters. The van der Waals surface area contributed by atoms with Crippen molar-refractivity contribution in [1.29, 1.82) is 0 Å². The Morgan fingerprint density at radius 1 is 0.774 bits per heavy atom. The van der Waals surface area contributed by atoms with Crippen molar-refractivity contribution in [2.45, 2.75) is 111 Å². The Balaban J connectivity index is 1.45. The van der Waals surface area contributed by atoms with E-state index in [4.69, 9.17) is 9.97 Å². The molecule has 0 radical (unpaired) electrons. The van der Waals surface area contributed by atoms with Gasteiger partial charge in [0, 0.05) is 18.0 Å². The van der Waals surface area contributed by atoms with Gasteiger partial charge in [-0.2, -0.15) is 0 Å². The largest absolute Gasteiger partial charge is 0.236 e. The summed E-state index contributed by atoms with van der Waals surface area (Å²) in [6.07, 6.45) is 23.0. The molecule has 0 spiro atoms. The van der Waals surface area contributed by atoms with E-state index >= 15 is 0 Å². The fraction of sp³-hybridized carbons (Fsp3) is 0.655. The van der Waals surface area contributed by atoms with E-state index in [2.05, 4.69) is 51.4 Å². The van der Waals surface area contributed by atoms with E-state index in [-0.39, 0.29) is 0 Å². The summed E-state index contributed by atoms with van der Waals surface area (Å²) < 4.78 is 0. The summed E-state index contributed by atoms with van der Waals surface area (Å²) in [7, 11) is 0. The maximum absolute atomic E-state index is 4.70. The number of aryl methyl sites for hydroxylation is 3. The molecule has 0 aliphatic heterocycles. The highest BCUT2D eigenvalue weighted by atomic mass is 14.9. The fourth-order valence-electron chi connectivity index (χ4n) is 5.18. The molecule has 0 N–H and O–H groups in total. The molecule has 0 unspecified atom stereocenters. The number of benzene rings is 1. The Morgan fingerprint density at radius 3 is 2.06 bits per heavy atom. The summed E-state index contributed by atoms with van der Waals surface area (Å²) in [6.45, 7) is 6.79. The number of rotatable bonds is 12. The smallest absolute Gasteiger partial charge is 0.159 e. The normalized spacial score (nSPS) is 18.9. The highest BCUT2D eigenvalue weighted by Gasteiger charge is 2.20. The van der Waals surface area contributed by atoms with Crippen LogP contribution in [-0.2, 0) is 12.8 Å². The lowest BCUT2D eigenvalue weighted by Crippen LogP contribution is -2.15. The van der Waals surface area contributed by atoms with Gasteiger partial charge in [-0.25, -0.2) is 9.97 Å². The SMILES string of the molecule is CCCCCc1ccc(-c2ncc(CC[C@H]3CC[C@H](CCCCC)CC3)cn2)cc1C. The summed E-state index contributed by atoms with van der Waals surface area (Å²) in [6, 6.07) is 6.73. The molecule has 31 heavy (non-hydrogen) atoms. The van der Waals surface area contributed by atoms with E-state index < -0.39 is 0 Å². The van der Waals surface area contributed by atoms with Gasteiger partial charge in [0.25, 0.3) is 0 Å². The third kappa shape index (κ3) is 7.74. The predicted octanol–water partition coefficient (Wildman–Crippen LogP) is 8.50. The molecule has 0 saturated heterocycles. The van der Waals surface area contributed by atoms with Crippen molar-refractivity contribution < 1.29 is 0 Å². The fourth-order valence-corrected chi connectivity index (χ4v) is 5.18. The van der Waals surface area contributed by atoms with Gasteiger partial charge in [-0.05, 0) is 67.2 Å². The van der Waals surface area contributed by atoms with Gasteiger partial charge in [-0.3, -0.25) is 0 Å². The number of nitrogens with zero attached hydrogens (tertiary/aromatic N) is 2. The number of hydrogen-bond acceptors (Lipinski definition) is 2. The minimum atomic E-state index is 0.861. The Hall–Kier alpha value is -1.70. The van der Waals surface area contributed by atoms with E-state index in [1.54, 1.807) is 0 Å². The molecular formula is C29H44N2. The van der Waals surface area contributed by atoms with Crippen LogP contribution in [-0.4, -0.2) is 9.97 Å². The average Bonchev–Trinajstić information content (AvgIpc) is 2.80. The lowest BCUT2D eigenvalue weighted by molar-refractivity contribution is 0.249. The lowest BCUT2D eigenvalue weighted by Gasteiger charge is -2.28. The molecular weight excluding hydrogens is 376 g/mol. The third-order valence-electron chi connectivity index (χ3n) is 7.38. The van der Waals surface area contributed by atoms with Gasteiger partial charge in [0.05, 0.1) is 0 Å². The van der Waals surface area contributed by atoms with Crippen LogP contribution in [0.15, 0.2) is 30.6 Å². The molecule has 1 heterocycles. The highest BCUT2D eigenvalue weighted by Crippen LogP contribution is 2.34. The molecule has 1 aliphatic carbocycles. The summed E-state index contributed by atoms with van der Waals surface area (Å²) in [5.74, 6) is 2.77. The van der Waals surface area contributed by atoms with Crippen LogP contribution in [0.2, 0.25) is 0 Å². The first kappa shape index (κ1) is 24.0. The van der Waals surface area contributed by atoms with E-state index in [1.807, 2.05) is 0 Å². The van der Waals surface area contributed by atoms with Crippen molar-refractivity contribution in [2.75, 3.05) is 0 Å². The minimum absolute atomic E-state index is 0.861. The molecule has 2 aromatic rings. The van der Waals surface area contributed by atoms with Gasteiger partial charge in [0.1, 0.15) is 0 Å². The zero-order chi connectivity index (χ0) is 21.9. The van der Waals surface area contributed by atoms with Crippen molar-refractivity contribution in [3.05, 3.63) is 47.3 Å². The van der Waals surface area contributed by atoms with Gasteiger partial charge >= 0.3 is 0 Å². The molecule has 170 valence electrons. The van der Waals surface area contributed by atoms with Crippen molar-refractivity contribution >= 4 is 0 Å². The van der Waals surface area contributed by atoms with Crippen LogP contribution in [0.4, 0.5) is 0 Å². The predicted molar refractivity (Wildman–Crippen MR) is 133 cm³/mol. The monoisotopic (exact) mass is 420 g/mol. The Kier molecular flexibility index (Phi) is 10.0. The second kappa shape index (κ2) is 13.0. The minimum Gasteiger partial charge on any atom is -0.236 e. The van der Waals surface area contributed by atoms with Crippen molar-refractivity contribution in [3.63, 3.8) is 0 Å². The number of aromatic nitrogens is 2. The van der Waals surface area contributed by atoms with Gasteiger partial charge in [0.15, 0.2) is 5.82 Å². The van der Waals surface area contributed by atoms with E-state index in [0.29, 0.717) is 0 Å². The molecule has 1 aliphatic rings. The second-order valence-electron chi connectivity index (χ2n) is 9.93. The average molecular weight is 421 g/mol. The summed E-state index contributed by atoms with van der Waals surface area (Å²) in [4.78, 5) is 9.40. The maximum atomic E-state index is 4.70. The first-order valence-electron chi connectivity index (χ1n) is 13.1. The topological polar surface area (TPSA) is 25.8 Å². The van der Waals surface area contributed by atoms with Crippen LogP contribution in [0.3, 0.4) is 0 Å². The zero-order valence-electron chi connectivity index (χ0n) is 20.3. The van der Waals surface area contributed by atoms with Gasteiger partial charge in [-0.15, -0.1) is 0 Å². The second-order valence-corrected chi connectivity index (χ2v) is 9.93. The van der Waals surface area contributed by atoms with Gasteiger partial charge in [-0.1, -0.05) is 90.2 Å². The molecule has 0 bridgehead atoms. The van der Waals surface area contributed by atoms with Gasteiger partial charge in [0.2, 0.25) is 0 Å². The van der Waals surface area contributed by atoms with Crippen molar-refractivity contribution in [2.24, 2.45) is 11.8 Å². The zero-order valence-corrected chi connectivity index (χ0v) is 20.3. The maximum Gasteiger partial charge on any atom is 0.159 e. The molecule has 3 rings (SSSR count). The Bertz CT molecular complexity index is 757. The van der Waals surface area contributed by atoms with Crippen LogP contribution in [0, 0.1) is 18.8 Å². The molecule has 1 saturated carbocycles. The van der Waals surface area contributed by atoms with E-state index in [0.717, 1.165) is 29.6 Å². The number of unbranched alkanes of at least 4 members (excludes halogenated alkanes) is 4. The standard InChI is InChI=1S/C29H44N2/c1-4-6-8-10-24-12-14-25(15-13-24)16-17-26-21-30-29(31-22-26)28-19-18-27(23(3)20-28)11-9-7-5-2/h18-22,24-25H,4-17H2,1-3H3/t24-,25-. The molecule has 0 amide bonds. The van der Waals surface area contributed by atoms with E-state index in [1.165, 1.54) is 100 Å². The van der Waals surface area contributed by atoms with Crippen LogP contribution in [0.1, 0.15) is 108 Å². The van der Waals surface area contributed by atoms with Crippen LogP contribution in [0.25, 0.3) is 11.4 Å².